The second-order valence-corrected chi connectivity index (χ2v) is 6.06. The van der Waals surface area contributed by atoms with Gasteiger partial charge in [0.2, 0.25) is 0 Å². The van der Waals surface area contributed by atoms with E-state index in [0.717, 1.165) is 23.0 Å². The third-order valence-corrected chi connectivity index (χ3v) is 4.18. The van der Waals surface area contributed by atoms with Gasteiger partial charge in [0, 0.05) is 6.42 Å². The molecule has 0 atom stereocenters. The van der Waals surface area contributed by atoms with Crippen molar-refractivity contribution in [3.63, 3.8) is 0 Å². The molecule has 3 aromatic rings. The molecule has 4 rings (SSSR count). The van der Waals surface area contributed by atoms with Crippen LogP contribution in [-0.4, -0.2) is 23.2 Å². The zero-order valence-electron chi connectivity index (χ0n) is 13.3. The van der Waals surface area contributed by atoms with E-state index < -0.39 is 0 Å². The fourth-order valence-corrected chi connectivity index (χ4v) is 3.01. The monoisotopic (exact) mass is 351 g/mol. The summed E-state index contributed by atoms with van der Waals surface area (Å²) >= 11 is 6.32. The number of benzene rings is 2. The van der Waals surface area contributed by atoms with Crippen LogP contribution in [0, 0.1) is 11.3 Å². The largest absolute Gasteiger partial charge is 0.489 e. The highest BCUT2D eigenvalue weighted by molar-refractivity contribution is 6.32. The van der Waals surface area contributed by atoms with E-state index in [4.69, 9.17) is 21.1 Å². The summed E-state index contributed by atoms with van der Waals surface area (Å²) in [6.07, 6.45) is 2.54. The minimum Gasteiger partial charge on any atom is -0.489 e. The number of nitrogens with zero attached hydrogens (tertiary/aromatic N) is 2. The van der Waals surface area contributed by atoms with Crippen molar-refractivity contribution in [3.05, 3.63) is 52.8 Å². The molecule has 0 saturated carbocycles. The van der Waals surface area contributed by atoms with Gasteiger partial charge in [0.25, 0.3) is 0 Å². The average Bonchev–Trinajstić information content (AvgIpc) is 2.90. The molecule has 0 radical (unpaired) electrons. The Balaban J connectivity index is 1.76. The summed E-state index contributed by atoms with van der Waals surface area (Å²) in [5, 5.41) is 10.0. The van der Waals surface area contributed by atoms with Crippen LogP contribution in [0.5, 0.6) is 11.5 Å². The molecule has 0 bridgehead atoms. The molecule has 1 aromatic heterocycles. The highest BCUT2D eigenvalue weighted by atomic mass is 35.5. The number of aromatic nitrogens is 2. The Bertz CT molecular complexity index is 984. The quantitative estimate of drug-likeness (QED) is 0.693. The lowest BCUT2D eigenvalue weighted by molar-refractivity contribution is 0.297. The van der Waals surface area contributed by atoms with Crippen LogP contribution in [0.15, 0.2) is 36.4 Å². The first-order valence-electron chi connectivity index (χ1n) is 7.90. The van der Waals surface area contributed by atoms with Gasteiger partial charge in [-0.25, -0.2) is 4.98 Å². The molecule has 0 amide bonds. The Labute approximate surface area is 149 Å². The average molecular weight is 352 g/mol. The normalized spacial score (nSPS) is 14.2. The molecule has 0 aliphatic carbocycles. The number of ether oxygens (including phenoxy) is 2. The maximum absolute atomic E-state index is 9.55. The van der Waals surface area contributed by atoms with Gasteiger partial charge in [0.05, 0.1) is 34.8 Å². The lowest BCUT2D eigenvalue weighted by Gasteiger charge is -2.10. The molecule has 0 spiro atoms. The molecule has 25 heavy (non-hydrogen) atoms. The van der Waals surface area contributed by atoms with Gasteiger partial charge in [-0.15, -0.1) is 0 Å². The smallest absolute Gasteiger partial charge is 0.179 e. The number of halogens is 1. The fourth-order valence-electron chi connectivity index (χ4n) is 2.73. The minimum atomic E-state index is 0.418. The standard InChI is InChI=1S/C19H14ClN3O2/c20-14-9-12(10-17-18(14)25-7-3-6-24-17)8-13(11-21)19-22-15-4-1-2-5-16(15)23-19/h1-2,4-5,8-10H,3,6-7H2,(H,22,23)/b13-8+. The lowest BCUT2D eigenvalue weighted by Crippen LogP contribution is -1.97. The predicted octanol–water partition coefficient (Wildman–Crippen LogP) is 4.44. The molecule has 0 saturated heterocycles. The van der Waals surface area contributed by atoms with Gasteiger partial charge in [0.15, 0.2) is 11.5 Å². The van der Waals surface area contributed by atoms with Crippen LogP contribution in [-0.2, 0) is 0 Å². The number of nitrogens with one attached hydrogen (secondary N) is 1. The van der Waals surface area contributed by atoms with Crippen LogP contribution in [0.3, 0.4) is 0 Å². The maximum atomic E-state index is 9.55. The van der Waals surface area contributed by atoms with Gasteiger partial charge in [-0.3, -0.25) is 0 Å². The van der Waals surface area contributed by atoms with Crippen molar-refractivity contribution in [2.45, 2.75) is 6.42 Å². The van der Waals surface area contributed by atoms with Crippen molar-refractivity contribution in [3.8, 4) is 17.6 Å². The number of nitriles is 1. The van der Waals surface area contributed by atoms with Crippen LogP contribution < -0.4 is 9.47 Å². The van der Waals surface area contributed by atoms with Crippen LogP contribution in [0.2, 0.25) is 5.02 Å². The third kappa shape index (κ3) is 3.04. The van der Waals surface area contributed by atoms with Crippen LogP contribution in [0.25, 0.3) is 22.7 Å². The number of fused-ring (bicyclic) bond motifs is 2. The molecule has 0 fully saturated rings. The number of allylic oxidation sites excluding steroid dienone is 1. The van der Waals surface area contributed by atoms with E-state index in [1.807, 2.05) is 30.3 Å². The number of H-pyrrole nitrogens is 1. The highest BCUT2D eigenvalue weighted by Crippen LogP contribution is 2.38. The number of hydrogen-bond acceptors (Lipinski definition) is 4. The number of hydrogen-bond donors (Lipinski definition) is 1. The topological polar surface area (TPSA) is 70.9 Å². The molecule has 6 heteroatoms. The first kappa shape index (κ1) is 15.6. The molecule has 0 unspecified atom stereocenters. The lowest BCUT2D eigenvalue weighted by atomic mass is 10.1. The molecule has 5 nitrogen and oxygen atoms in total. The Kier molecular flexibility index (Phi) is 4.04. The van der Waals surface area contributed by atoms with E-state index in [1.165, 1.54) is 0 Å². The second kappa shape index (κ2) is 6.50. The van der Waals surface area contributed by atoms with Crippen molar-refractivity contribution in [1.82, 2.24) is 9.97 Å². The van der Waals surface area contributed by atoms with Gasteiger partial charge in [-0.2, -0.15) is 5.26 Å². The van der Waals surface area contributed by atoms with Crippen LogP contribution >= 0.6 is 11.6 Å². The van der Waals surface area contributed by atoms with Crippen LogP contribution in [0.1, 0.15) is 17.8 Å². The minimum absolute atomic E-state index is 0.418. The molecule has 1 aliphatic rings. The van der Waals surface area contributed by atoms with E-state index >= 15 is 0 Å². The molecular formula is C19H14ClN3O2. The predicted molar refractivity (Wildman–Crippen MR) is 96.6 cm³/mol. The Hall–Kier alpha value is -2.97. The molecule has 2 aromatic carbocycles. The first-order valence-corrected chi connectivity index (χ1v) is 8.28. The second-order valence-electron chi connectivity index (χ2n) is 5.65. The van der Waals surface area contributed by atoms with Crippen molar-refractivity contribution in [2.24, 2.45) is 0 Å². The van der Waals surface area contributed by atoms with Gasteiger partial charge < -0.3 is 14.5 Å². The number of para-hydroxylation sites is 2. The third-order valence-electron chi connectivity index (χ3n) is 3.90. The molecule has 124 valence electrons. The first-order chi connectivity index (χ1) is 12.2. The molecular weight excluding hydrogens is 338 g/mol. The number of rotatable bonds is 2. The molecule has 1 aliphatic heterocycles. The summed E-state index contributed by atoms with van der Waals surface area (Å²) in [6, 6.07) is 13.4. The summed E-state index contributed by atoms with van der Waals surface area (Å²) in [4.78, 5) is 7.63. The Morgan fingerprint density at radius 2 is 2.08 bits per heavy atom. The van der Waals surface area contributed by atoms with E-state index in [0.29, 0.717) is 41.1 Å². The van der Waals surface area contributed by atoms with E-state index in [-0.39, 0.29) is 0 Å². The van der Waals surface area contributed by atoms with Gasteiger partial charge >= 0.3 is 0 Å². The van der Waals surface area contributed by atoms with E-state index in [2.05, 4.69) is 16.0 Å². The zero-order chi connectivity index (χ0) is 17.2. The van der Waals surface area contributed by atoms with Crippen LogP contribution in [0.4, 0.5) is 0 Å². The summed E-state index contributed by atoms with van der Waals surface area (Å²) in [6.45, 7) is 1.15. The zero-order valence-corrected chi connectivity index (χ0v) is 14.0. The SMILES string of the molecule is N#C/C(=C\c1cc(Cl)c2c(c1)OCCCO2)c1nc2ccccc2[nH]1. The Morgan fingerprint density at radius 1 is 1.24 bits per heavy atom. The summed E-state index contributed by atoms with van der Waals surface area (Å²) < 4.78 is 11.3. The van der Waals surface area contributed by atoms with Crippen molar-refractivity contribution < 1.29 is 9.47 Å². The van der Waals surface area contributed by atoms with E-state index in [9.17, 15) is 5.26 Å². The van der Waals surface area contributed by atoms with Crippen molar-refractivity contribution >= 4 is 34.3 Å². The van der Waals surface area contributed by atoms with Gasteiger partial charge in [0.1, 0.15) is 11.9 Å². The fraction of sp³-hybridized carbons (Fsp3) is 0.158. The highest BCUT2D eigenvalue weighted by Gasteiger charge is 2.16. The molecule has 2 heterocycles. The van der Waals surface area contributed by atoms with Crippen molar-refractivity contribution in [2.75, 3.05) is 13.2 Å². The summed E-state index contributed by atoms with van der Waals surface area (Å²) in [5.74, 6) is 1.67. The summed E-state index contributed by atoms with van der Waals surface area (Å²) in [7, 11) is 0. The molecule has 1 N–H and O–H groups in total. The maximum Gasteiger partial charge on any atom is 0.179 e. The van der Waals surface area contributed by atoms with Gasteiger partial charge in [-0.1, -0.05) is 23.7 Å². The van der Waals surface area contributed by atoms with E-state index in [1.54, 1.807) is 12.1 Å². The van der Waals surface area contributed by atoms with Crippen molar-refractivity contribution in [1.29, 1.82) is 5.26 Å². The Morgan fingerprint density at radius 3 is 2.92 bits per heavy atom. The van der Waals surface area contributed by atoms with Gasteiger partial charge in [-0.05, 0) is 35.9 Å². The summed E-state index contributed by atoms with van der Waals surface area (Å²) in [5.41, 5.74) is 2.87. The number of imidazole rings is 1. The number of aromatic amines is 1.